The van der Waals surface area contributed by atoms with Gasteiger partial charge in [-0.1, -0.05) is 35.3 Å². The Hall–Kier alpha value is -3.77. The first-order valence-corrected chi connectivity index (χ1v) is 15.4. The number of halogens is 2. The van der Waals surface area contributed by atoms with Crippen LogP contribution in [0.15, 0.2) is 107 Å². The Morgan fingerprint density at radius 2 is 1.30 bits per heavy atom. The third-order valence-corrected chi connectivity index (χ3v) is 9.65. The second kappa shape index (κ2) is 11.0. The van der Waals surface area contributed by atoms with E-state index in [4.69, 9.17) is 27.9 Å². The number of nitrogens with zero attached hydrogens (tertiary/aromatic N) is 1. The molecule has 0 radical (unpaired) electrons. The van der Waals surface area contributed by atoms with Gasteiger partial charge < -0.3 is 10.1 Å². The molecule has 5 rings (SSSR count). The maximum Gasteiger partial charge on any atom is 0.267 e. The summed E-state index contributed by atoms with van der Waals surface area (Å²) in [5, 5.41) is 3.52. The van der Waals surface area contributed by atoms with Gasteiger partial charge in [0.2, 0.25) is 0 Å². The average molecular weight is 619 g/mol. The highest BCUT2D eigenvalue weighted by Crippen LogP contribution is 2.37. The number of para-hydroxylation sites is 2. The van der Waals surface area contributed by atoms with Crippen LogP contribution in [0.5, 0.6) is 5.75 Å². The van der Waals surface area contributed by atoms with Gasteiger partial charge in [-0.25, -0.2) is 16.8 Å². The van der Waals surface area contributed by atoms with Gasteiger partial charge in [-0.05, 0) is 84.9 Å². The number of ether oxygens (including phenoxy) is 1. The zero-order chi connectivity index (χ0) is 28.5. The van der Waals surface area contributed by atoms with Crippen LogP contribution in [0, 0.1) is 0 Å². The van der Waals surface area contributed by atoms with E-state index in [1.54, 1.807) is 36.4 Å². The lowest BCUT2D eigenvalue weighted by Gasteiger charge is -2.34. The molecule has 0 aliphatic carbocycles. The lowest BCUT2D eigenvalue weighted by Crippen LogP contribution is -2.48. The number of anilines is 3. The average Bonchev–Trinajstić information content (AvgIpc) is 2.94. The van der Waals surface area contributed by atoms with Crippen molar-refractivity contribution in [2.45, 2.75) is 15.9 Å². The Labute approximate surface area is 241 Å². The number of hydrogen-bond acceptors (Lipinski definition) is 6. The summed E-state index contributed by atoms with van der Waals surface area (Å²) in [6.45, 7) is -0.286. The van der Waals surface area contributed by atoms with E-state index in [-0.39, 0.29) is 22.1 Å². The zero-order valence-electron chi connectivity index (χ0n) is 20.5. The summed E-state index contributed by atoms with van der Waals surface area (Å²) in [4.78, 5) is 13.2. The molecule has 40 heavy (non-hydrogen) atoms. The highest BCUT2D eigenvalue weighted by Gasteiger charge is 2.37. The second-order valence-corrected chi connectivity index (χ2v) is 13.1. The fraction of sp³-hybridized carbons (Fsp3) is 0.0741. The Morgan fingerprint density at radius 1 is 0.750 bits per heavy atom. The molecule has 1 aliphatic rings. The predicted molar refractivity (Wildman–Crippen MR) is 154 cm³/mol. The van der Waals surface area contributed by atoms with Crippen LogP contribution in [0.3, 0.4) is 0 Å². The van der Waals surface area contributed by atoms with Crippen molar-refractivity contribution >= 4 is 66.2 Å². The molecule has 0 unspecified atom stereocenters. The van der Waals surface area contributed by atoms with Crippen molar-refractivity contribution in [3.8, 4) is 5.75 Å². The summed E-state index contributed by atoms with van der Waals surface area (Å²) in [5.41, 5.74) is 0.934. The van der Waals surface area contributed by atoms with Gasteiger partial charge in [-0.3, -0.25) is 13.8 Å². The number of sulfonamides is 2. The Balaban J connectivity index is 1.33. The van der Waals surface area contributed by atoms with Crippen LogP contribution in [-0.4, -0.2) is 35.4 Å². The molecule has 0 saturated carbocycles. The Morgan fingerprint density at radius 3 is 1.95 bits per heavy atom. The summed E-state index contributed by atoms with van der Waals surface area (Å²) in [7, 11) is -7.94. The lowest BCUT2D eigenvalue weighted by atomic mass is 10.2. The van der Waals surface area contributed by atoms with Gasteiger partial charge in [0.25, 0.3) is 26.0 Å². The molecule has 1 heterocycles. The molecular weight excluding hydrogens is 597 g/mol. The molecule has 0 fully saturated rings. The number of carbonyl (C=O) groups excluding carboxylic acids is 1. The molecule has 1 aliphatic heterocycles. The van der Waals surface area contributed by atoms with Gasteiger partial charge in [0.1, 0.15) is 5.75 Å². The summed E-state index contributed by atoms with van der Waals surface area (Å²) >= 11 is 11.8. The van der Waals surface area contributed by atoms with Gasteiger partial charge in [-0.2, -0.15) is 0 Å². The molecule has 2 N–H and O–H groups in total. The van der Waals surface area contributed by atoms with E-state index in [1.807, 2.05) is 0 Å². The van der Waals surface area contributed by atoms with Crippen molar-refractivity contribution < 1.29 is 26.4 Å². The maximum absolute atomic E-state index is 13.5. The first-order chi connectivity index (χ1) is 19.0. The molecule has 0 bridgehead atoms. The van der Waals surface area contributed by atoms with Crippen LogP contribution < -0.4 is 19.1 Å². The molecule has 206 valence electrons. The summed E-state index contributed by atoms with van der Waals surface area (Å²) in [5.74, 6) is -0.387. The third-order valence-electron chi connectivity index (χ3n) is 5.96. The largest absolute Gasteiger partial charge is 0.476 e. The van der Waals surface area contributed by atoms with E-state index in [1.165, 1.54) is 60.7 Å². The maximum atomic E-state index is 13.5. The SMILES string of the molecule is O=C(Nc1ccc(S(=O)(=O)Nc2ccc(Cl)cc2)cc1)[C@H]1CN(S(=O)(=O)c2ccc(Cl)cc2)c2ccccc2O1. The summed E-state index contributed by atoms with van der Waals surface area (Å²) in [6, 6.07) is 23.9. The van der Waals surface area contributed by atoms with Gasteiger partial charge in [-0.15, -0.1) is 0 Å². The molecule has 0 saturated heterocycles. The highest BCUT2D eigenvalue weighted by atomic mass is 35.5. The molecule has 4 aromatic rings. The van der Waals surface area contributed by atoms with E-state index in [0.29, 0.717) is 27.1 Å². The molecule has 13 heteroatoms. The molecule has 0 spiro atoms. The van der Waals surface area contributed by atoms with Crippen molar-refractivity contribution in [1.82, 2.24) is 0 Å². The fourth-order valence-electron chi connectivity index (χ4n) is 3.97. The quantitative estimate of drug-likeness (QED) is 0.287. The normalized spacial score (nSPS) is 15.1. The number of amides is 1. The molecular formula is C27H21Cl2N3O6S2. The molecule has 1 atom stereocenters. The van der Waals surface area contributed by atoms with Crippen LogP contribution in [-0.2, 0) is 24.8 Å². The number of nitrogens with one attached hydrogen (secondary N) is 2. The van der Waals surface area contributed by atoms with E-state index < -0.39 is 32.1 Å². The van der Waals surface area contributed by atoms with Gasteiger partial charge in [0.05, 0.1) is 22.0 Å². The lowest BCUT2D eigenvalue weighted by molar-refractivity contribution is -0.122. The fourth-order valence-corrected chi connectivity index (χ4v) is 6.76. The van der Waals surface area contributed by atoms with Crippen LogP contribution in [0.2, 0.25) is 10.0 Å². The molecule has 0 aromatic heterocycles. The van der Waals surface area contributed by atoms with Gasteiger partial charge >= 0.3 is 0 Å². The van der Waals surface area contributed by atoms with Crippen molar-refractivity contribution in [1.29, 1.82) is 0 Å². The predicted octanol–water partition coefficient (Wildman–Crippen LogP) is 5.39. The van der Waals surface area contributed by atoms with E-state index in [9.17, 15) is 21.6 Å². The van der Waals surface area contributed by atoms with Crippen LogP contribution in [0.25, 0.3) is 0 Å². The van der Waals surface area contributed by atoms with Crippen LogP contribution >= 0.6 is 23.2 Å². The molecule has 9 nitrogen and oxygen atoms in total. The number of fused-ring (bicyclic) bond motifs is 1. The van der Waals surface area contributed by atoms with Crippen molar-refractivity contribution in [3.05, 3.63) is 107 Å². The van der Waals surface area contributed by atoms with Crippen molar-refractivity contribution in [2.75, 3.05) is 20.9 Å². The Kier molecular flexibility index (Phi) is 7.65. The smallest absolute Gasteiger partial charge is 0.267 e. The standard InChI is InChI=1S/C27H21Cl2N3O6S2/c28-18-5-9-21(10-6-18)31-39(34,35)22-15-11-20(12-16-22)30-27(33)26-17-32(24-3-1-2-4-25(24)38-26)40(36,37)23-13-7-19(29)8-14-23/h1-16,26,31H,17H2,(H,30,33)/t26-/m1/s1. The number of carbonyl (C=O) groups is 1. The number of hydrogen-bond donors (Lipinski definition) is 2. The van der Waals surface area contributed by atoms with Crippen molar-refractivity contribution in [2.24, 2.45) is 0 Å². The Bertz CT molecular complexity index is 1760. The monoisotopic (exact) mass is 617 g/mol. The minimum absolute atomic E-state index is 0.0109. The third kappa shape index (κ3) is 5.87. The molecule has 4 aromatic carbocycles. The van der Waals surface area contributed by atoms with Crippen LogP contribution in [0.1, 0.15) is 0 Å². The minimum atomic E-state index is -4.05. The van der Waals surface area contributed by atoms with E-state index in [2.05, 4.69) is 10.0 Å². The summed E-state index contributed by atoms with van der Waals surface area (Å²) < 4.78 is 61.9. The van der Waals surface area contributed by atoms with Gasteiger partial charge in [0, 0.05) is 21.4 Å². The minimum Gasteiger partial charge on any atom is -0.476 e. The van der Waals surface area contributed by atoms with E-state index in [0.717, 1.165) is 4.31 Å². The van der Waals surface area contributed by atoms with Crippen LogP contribution in [0.4, 0.5) is 17.1 Å². The molecule has 1 amide bonds. The van der Waals surface area contributed by atoms with Gasteiger partial charge in [0.15, 0.2) is 6.10 Å². The highest BCUT2D eigenvalue weighted by molar-refractivity contribution is 7.93. The second-order valence-electron chi connectivity index (χ2n) is 8.69. The number of benzene rings is 4. The van der Waals surface area contributed by atoms with Crippen molar-refractivity contribution in [3.63, 3.8) is 0 Å². The topological polar surface area (TPSA) is 122 Å². The first kappa shape index (κ1) is 27.8. The zero-order valence-corrected chi connectivity index (χ0v) is 23.6. The first-order valence-electron chi connectivity index (χ1n) is 11.8. The summed E-state index contributed by atoms with van der Waals surface area (Å²) in [6.07, 6.45) is -1.19. The number of rotatable bonds is 7. The van der Waals surface area contributed by atoms with E-state index >= 15 is 0 Å².